The molecule has 19 heavy (non-hydrogen) atoms. The van der Waals surface area contributed by atoms with Crippen LogP contribution in [-0.2, 0) is 4.79 Å². The maximum Gasteiger partial charge on any atom is 0.223 e. The maximum absolute atomic E-state index is 11.6. The van der Waals surface area contributed by atoms with Gasteiger partial charge >= 0.3 is 0 Å². The monoisotopic (exact) mass is 273 g/mol. The number of nitrogens with zero attached hydrogens (tertiary/aromatic N) is 1. The molecular weight excluding hydrogens is 250 g/mol. The van der Waals surface area contributed by atoms with Gasteiger partial charge in [-0.3, -0.25) is 4.79 Å². The average Bonchev–Trinajstić information content (AvgIpc) is 2.33. The smallest absolute Gasteiger partial charge is 0.223 e. The highest BCUT2D eigenvalue weighted by molar-refractivity contribution is 6.81. The van der Waals surface area contributed by atoms with Crippen LogP contribution in [0.15, 0.2) is 48.2 Å². The molecule has 1 aromatic rings. The van der Waals surface area contributed by atoms with Crippen LogP contribution in [0.5, 0.6) is 0 Å². The molecule has 2 nitrogen and oxygen atoms in total. The van der Waals surface area contributed by atoms with E-state index >= 15 is 0 Å². The fourth-order valence-corrected chi connectivity index (χ4v) is 2.28. The topological polar surface area (TPSA) is 20.3 Å². The Labute approximate surface area is 117 Å². The number of amides is 1. The predicted molar refractivity (Wildman–Crippen MR) is 85.3 cm³/mol. The second-order valence-electron chi connectivity index (χ2n) is 5.72. The molecule has 0 aliphatic carbocycles. The van der Waals surface area contributed by atoms with Gasteiger partial charge in [0.1, 0.15) is 0 Å². The van der Waals surface area contributed by atoms with Crippen molar-refractivity contribution in [1.29, 1.82) is 0 Å². The van der Waals surface area contributed by atoms with Crippen molar-refractivity contribution >= 4 is 19.7 Å². The van der Waals surface area contributed by atoms with E-state index in [1.165, 1.54) is 0 Å². The van der Waals surface area contributed by atoms with Crippen LogP contribution in [0.2, 0.25) is 19.6 Å². The van der Waals surface area contributed by atoms with Gasteiger partial charge in [0.2, 0.25) is 5.91 Å². The van der Waals surface area contributed by atoms with Gasteiger partial charge in [-0.05, 0) is 11.6 Å². The summed E-state index contributed by atoms with van der Waals surface area (Å²) in [6.45, 7) is 8.44. The normalized spacial score (nSPS) is 12.8. The van der Waals surface area contributed by atoms with E-state index < -0.39 is 8.07 Å². The number of rotatable bonds is 4. The van der Waals surface area contributed by atoms with Crippen LogP contribution in [0.25, 0.3) is 5.70 Å². The summed E-state index contributed by atoms with van der Waals surface area (Å²) < 4.78 is 0. The third kappa shape index (κ3) is 5.26. The largest absolute Gasteiger partial charge is 0.315 e. The molecule has 0 spiro atoms. The zero-order valence-electron chi connectivity index (χ0n) is 12.5. The van der Waals surface area contributed by atoms with E-state index in [1.807, 2.05) is 43.5 Å². The molecule has 0 aromatic heterocycles. The van der Waals surface area contributed by atoms with Crippen LogP contribution in [0.4, 0.5) is 0 Å². The Bertz CT molecular complexity index is 483. The highest BCUT2D eigenvalue weighted by Gasteiger charge is 2.11. The highest BCUT2D eigenvalue weighted by atomic mass is 28.3. The Morgan fingerprint density at radius 1 is 1.16 bits per heavy atom. The Kier molecular flexibility index (Phi) is 5.30. The van der Waals surface area contributed by atoms with Crippen molar-refractivity contribution in [2.24, 2.45) is 0 Å². The van der Waals surface area contributed by atoms with E-state index in [1.54, 1.807) is 11.8 Å². The summed E-state index contributed by atoms with van der Waals surface area (Å²) in [5.41, 5.74) is 4.26. The van der Waals surface area contributed by atoms with Gasteiger partial charge in [0.25, 0.3) is 0 Å². The van der Waals surface area contributed by atoms with Crippen molar-refractivity contribution in [3.05, 3.63) is 53.7 Å². The molecule has 0 N–H and O–H groups in total. The second-order valence-corrected chi connectivity index (χ2v) is 10.8. The van der Waals surface area contributed by atoms with Crippen molar-refractivity contribution in [3.8, 4) is 0 Å². The molecule has 102 valence electrons. The first kappa shape index (κ1) is 15.4. The number of carbonyl (C=O) groups excluding carboxylic acids is 1. The lowest BCUT2D eigenvalue weighted by molar-refractivity contribution is -0.124. The van der Waals surface area contributed by atoms with Crippen molar-refractivity contribution in [2.75, 3.05) is 7.05 Å². The van der Waals surface area contributed by atoms with E-state index in [-0.39, 0.29) is 5.91 Å². The number of benzene rings is 1. The number of hydrogen-bond donors (Lipinski definition) is 0. The van der Waals surface area contributed by atoms with Crippen LogP contribution < -0.4 is 0 Å². The summed E-state index contributed by atoms with van der Waals surface area (Å²) in [4.78, 5) is 13.3. The minimum absolute atomic E-state index is 0.0384. The number of carbonyl (C=O) groups is 1. The Hall–Kier alpha value is -1.61. The van der Waals surface area contributed by atoms with Crippen LogP contribution in [0.1, 0.15) is 12.5 Å². The molecule has 0 aliphatic heterocycles. The standard InChI is InChI=1S/C16H23NOSi/c1-14(18)17(2)16(12-9-13-19(3,4)5)15-10-7-6-8-11-15/h6-13H,1-5H3/b13-9+,16-12-. The van der Waals surface area contributed by atoms with Gasteiger partial charge in [0.15, 0.2) is 0 Å². The Morgan fingerprint density at radius 2 is 1.74 bits per heavy atom. The van der Waals surface area contributed by atoms with Crippen LogP contribution in [0, 0.1) is 0 Å². The van der Waals surface area contributed by atoms with Crippen molar-refractivity contribution < 1.29 is 4.79 Å². The minimum Gasteiger partial charge on any atom is -0.315 e. The van der Waals surface area contributed by atoms with Gasteiger partial charge in [-0.1, -0.05) is 61.7 Å². The van der Waals surface area contributed by atoms with Crippen molar-refractivity contribution in [1.82, 2.24) is 4.90 Å². The fourth-order valence-electron chi connectivity index (χ4n) is 1.61. The van der Waals surface area contributed by atoms with Crippen LogP contribution in [-0.4, -0.2) is 25.9 Å². The predicted octanol–water partition coefficient (Wildman–Crippen LogP) is 3.94. The van der Waals surface area contributed by atoms with Gasteiger partial charge in [0, 0.05) is 14.0 Å². The average molecular weight is 273 g/mol. The van der Waals surface area contributed by atoms with Crippen molar-refractivity contribution in [2.45, 2.75) is 26.6 Å². The van der Waals surface area contributed by atoms with E-state index in [0.717, 1.165) is 11.3 Å². The summed E-state index contributed by atoms with van der Waals surface area (Å²) in [5.74, 6) is 0.0384. The summed E-state index contributed by atoms with van der Waals surface area (Å²) in [7, 11) is 0.594. The molecule has 1 rings (SSSR count). The van der Waals surface area contributed by atoms with Crippen LogP contribution >= 0.6 is 0 Å². The molecule has 0 saturated heterocycles. The lowest BCUT2D eigenvalue weighted by Gasteiger charge is -2.19. The molecule has 0 aliphatic rings. The number of allylic oxidation sites excluding steroid dienone is 2. The third-order valence-electron chi connectivity index (χ3n) is 2.75. The molecule has 0 atom stereocenters. The SMILES string of the molecule is CC(=O)N(C)/C(=C\C=C\[Si](C)(C)C)c1ccccc1. The lowest BCUT2D eigenvalue weighted by atomic mass is 10.1. The van der Waals surface area contributed by atoms with Gasteiger partial charge in [-0.2, -0.15) is 0 Å². The van der Waals surface area contributed by atoms with Gasteiger partial charge in [-0.25, -0.2) is 0 Å². The zero-order chi connectivity index (χ0) is 14.5. The first-order valence-electron chi connectivity index (χ1n) is 6.50. The molecule has 1 amide bonds. The molecular formula is C16H23NOSi. The second kappa shape index (κ2) is 6.52. The van der Waals surface area contributed by atoms with Gasteiger partial charge < -0.3 is 4.90 Å². The summed E-state index contributed by atoms with van der Waals surface area (Å²) >= 11 is 0. The van der Waals surface area contributed by atoms with E-state index in [4.69, 9.17) is 0 Å². The first-order valence-corrected chi connectivity index (χ1v) is 10.1. The molecule has 0 unspecified atom stereocenters. The highest BCUT2D eigenvalue weighted by Crippen LogP contribution is 2.18. The summed E-state index contributed by atoms with van der Waals surface area (Å²) in [6.07, 6.45) is 4.10. The summed E-state index contributed by atoms with van der Waals surface area (Å²) in [6, 6.07) is 9.99. The van der Waals surface area contributed by atoms with E-state index in [9.17, 15) is 4.79 Å². The third-order valence-corrected chi connectivity index (χ3v) is 3.95. The van der Waals surface area contributed by atoms with Gasteiger partial charge in [-0.15, -0.1) is 0 Å². The van der Waals surface area contributed by atoms with Crippen molar-refractivity contribution in [3.63, 3.8) is 0 Å². The molecule has 1 aromatic carbocycles. The first-order chi connectivity index (χ1) is 8.81. The number of hydrogen-bond acceptors (Lipinski definition) is 1. The molecule has 0 heterocycles. The van der Waals surface area contributed by atoms with E-state index in [2.05, 4.69) is 31.4 Å². The summed E-state index contributed by atoms with van der Waals surface area (Å²) in [5, 5.41) is 0. The molecule has 0 saturated carbocycles. The van der Waals surface area contributed by atoms with Gasteiger partial charge in [0.05, 0.1) is 13.8 Å². The Morgan fingerprint density at radius 3 is 2.21 bits per heavy atom. The zero-order valence-corrected chi connectivity index (χ0v) is 13.5. The van der Waals surface area contributed by atoms with E-state index in [0.29, 0.717) is 0 Å². The molecule has 3 heteroatoms. The quantitative estimate of drug-likeness (QED) is 0.601. The minimum atomic E-state index is -1.22. The maximum atomic E-state index is 11.6. The molecule has 0 bridgehead atoms. The Balaban J connectivity index is 3.11. The fraction of sp³-hybridized carbons (Fsp3) is 0.312. The molecule has 0 fully saturated rings. The van der Waals surface area contributed by atoms with Crippen LogP contribution in [0.3, 0.4) is 0 Å². The lowest BCUT2D eigenvalue weighted by Crippen LogP contribution is -2.22. The molecule has 0 radical (unpaired) electrons.